The quantitative estimate of drug-likeness (QED) is 0.844. The average Bonchev–Trinajstić information content (AvgIpc) is 2.71. The van der Waals surface area contributed by atoms with Crippen LogP contribution in [0.15, 0.2) is 16.5 Å². The van der Waals surface area contributed by atoms with Crippen molar-refractivity contribution in [1.82, 2.24) is 5.32 Å². The van der Waals surface area contributed by atoms with Gasteiger partial charge in [-0.3, -0.25) is 4.79 Å². The van der Waals surface area contributed by atoms with E-state index in [0.717, 1.165) is 5.76 Å². The molecule has 0 atom stereocenters. The van der Waals surface area contributed by atoms with E-state index in [9.17, 15) is 4.79 Å². The van der Waals surface area contributed by atoms with E-state index in [2.05, 4.69) is 33.0 Å². The van der Waals surface area contributed by atoms with Crippen LogP contribution in [-0.4, -0.2) is 18.0 Å². The second kappa shape index (κ2) is 3.85. The summed E-state index contributed by atoms with van der Waals surface area (Å²) in [5.41, 5.74) is 5.98. The van der Waals surface area contributed by atoms with E-state index < -0.39 is 0 Å². The lowest BCUT2D eigenvalue weighted by Crippen LogP contribution is -2.76. The van der Waals surface area contributed by atoms with Crippen LogP contribution in [-0.2, 0) is 0 Å². The van der Waals surface area contributed by atoms with Gasteiger partial charge in [0.25, 0.3) is 5.91 Å². The van der Waals surface area contributed by atoms with Crippen LogP contribution in [0.5, 0.6) is 0 Å². The molecular weight excluding hydrogens is 228 g/mol. The van der Waals surface area contributed by atoms with E-state index in [-0.39, 0.29) is 28.8 Å². The predicted molar refractivity (Wildman–Crippen MR) is 70.2 cm³/mol. The van der Waals surface area contributed by atoms with Crippen LogP contribution in [0.25, 0.3) is 0 Å². The highest BCUT2D eigenvalue weighted by atomic mass is 16.3. The number of hydrogen-bond acceptors (Lipinski definition) is 3. The van der Waals surface area contributed by atoms with Gasteiger partial charge < -0.3 is 15.5 Å². The Bertz CT molecular complexity index is 458. The van der Waals surface area contributed by atoms with Crippen molar-refractivity contribution in [2.45, 2.75) is 46.7 Å². The molecule has 0 aliphatic heterocycles. The number of amides is 1. The summed E-state index contributed by atoms with van der Waals surface area (Å²) in [6.07, 6.45) is 0. The number of hydrogen-bond donors (Lipinski definition) is 2. The summed E-state index contributed by atoms with van der Waals surface area (Å²) in [7, 11) is 0. The fraction of sp³-hybridized carbons (Fsp3) is 0.643. The SMILES string of the molecule is Cc1ccc(C(=O)NC2C(C)(C)C(N)C2(C)C)o1. The Labute approximate surface area is 108 Å². The molecule has 1 aromatic rings. The Hall–Kier alpha value is -1.29. The maximum absolute atomic E-state index is 12.1. The highest BCUT2D eigenvalue weighted by molar-refractivity contribution is 5.92. The smallest absolute Gasteiger partial charge is 0.287 e. The van der Waals surface area contributed by atoms with E-state index in [0.29, 0.717) is 5.76 Å². The molecule has 0 aromatic carbocycles. The molecule has 4 heteroatoms. The number of furan rings is 1. The van der Waals surface area contributed by atoms with Crippen molar-refractivity contribution in [2.75, 3.05) is 0 Å². The van der Waals surface area contributed by atoms with Crippen LogP contribution in [0.4, 0.5) is 0 Å². The molecule has 100 valence electrons. The summed E-state index contributed by atoms with van der Waals surface area (Å²) in [5.74, 6) is 0.935. The number of aryl methyl sites for hydroxylation is 1. The molecule has 0 radical (unpaired) electrons. The topological polar surface area (TPSA) is 68.3 Å². The van der Waals surface area contributed by atoms with Crippen LogP contribution in [0.1, 0.15) is 44.0 Å². The third-order valence-corrected chi connectivity index (χ3v) is 4.33. The van der Waals surface area contributed by atoms with E-state index in [4.69, 9.17) is 10.2 Å². The largest absolute Gasteiger partial charge is 0.456 e. The van der Waals surface area contributed by atoms with Gasteiger partial charge in [-0.1, -0.05) is 27.7 Å². The van der Waals surface area contributed by atoms with Crippen molar-refractivity contribution in [3.8, 4) is 0 Å². The molecule has 4 nitrogen and oxygen atoms in total. The second-order valence-electron chi connectivity index (χ2n) is 6.44. The zero-order valence-electron chi connectivity index (χ0n) is 11.7. The minimum atomic E-state index is -0.166. The van der Waals surface area contributed by atoms with Gasteiger partial charge in [0.05, 0.1) is 0 Å². The van der Waals surface area contributed by atoms with Crippen LogP contribution >= 0.6 is 0 Å². The first-order valence-corrected chi connectivity index (χ1v) is 6.30. The van der Waals surface area contributed by atoms with Gasteiger partial charge >= 0.3 is 0 Å². The molecule has 0 saturated heterocycles. The minimum Gasteiger partial charge on any atom is -0.456 e. The van der Waals surface area contributed by atoms with Crippen molar-refractivity contribution in [3.63, 3.8) is 0 Å². The minimum absolute atomic E-state index is 0.0536. The lowest BCUT2D eigenvalue weighted by atomic mass is 9.48. The molecular formula is C14H22N2O2. The monoisotopic (exact) mass is 250 g/mol. The lowest BCUT2D eigenvalue weighted by molar-refractivity contribution is -0.0666. The van der Waals surface area contributed by atoms with Crippen LogP contribution in [0.2, 0.25) is 0 Å². The molecule has 0 spiro atoms. The Balaban J connectivity index is 2.13. The van der Waals surface area contributed by atoms with Crippen LogP contribution < -0.4 is 11.1 Å². The third kappa shape index (κ3) is 1.75. The lowest BCUT2D eigenvalue weighted by Gasteiger charge is -2.62. The van der Waals surface area contributed by atoms with Gasteiger partial charge in [-0.2, -0.15) is 0 Å². The molecule has 1 aliphatic carbocycles. The van der Waals surface area contributed by atoms with Crippen LogP contribution in [0.3, 0.4) is 0 Å². The number of nitrogens with one attached hydrogen (secondary N) is 1. The van der Waals surface area contributed by atoms with Gasteiger partial charge in [-0.15, -0.1) is 0 Å². The maximum Gasteiger partial charge on any atom is 0.287 e. The van der Waals surface area contributed by atoms with Gasteiger partial charge in [0, 0.05) is 22.9 Å². The number of rotatable bonds is 2. The normalized spacial score (nSPS) is 28.6. The number of carbonyl (C=O) groups is 1. The first kappa shape index (κ1) is 13.1. The molecule has 0 unspecified atom stereocenters. The third-order valence-electron chi connectivity index (χ3n) is 4.33. The Morgan fingerprint density at radius 1 is 1.28 bits per heavy atom. The first-order chi connectivity index (χ1) is 8.17. The molecule has 1 aliphatic rings. The number of carbonyl (C=O) groups excluding carboxylic acids is 1. The average molecular weight is 250 g/mol. The molecule has 1 amide bonds. The first-order valence-electron chi connectivity index (χ1n) is 6.30. The van der Waals surface area contributed by atoms with E-state index in [1.165, 1.54) is 0 Å². The molecule has 1 aromatic heterocycles. The van der Waals surface area contributed by atoms with Crippen molar-refractivity contribution in [2.24, 2.45) is 16.6 Å². The van der Waals surface area contributed by atoms with E-state index >= 15 is 0 Å². The van der Waals surface area contributed by atoms with Crippen molar-refractivity contribution in [3.05, 3.63) is 23.7 Å². The molecule has 3 N–H and O–H groups in total. The Morgan fingerprint density at radius 3 is 2.28 bits per heavy atom. The predicted octanol–water partition coefficient (Wildman–Crippen LogP) is 2.08. The van der Waals surface area contributed by atoms with Gasteiger partial charge in [0.15, 0.2) is 5.76 Å². The van der Waals surface area contributed by atoms with Crippen molar-refractivity contribution >= 4 is 5.91 Å². The van der Waals surface area contributed by atoms with Gasteiger partial charge in [0.2, 0.25) is 0 Å². The summed E-state index contributed by atoms with van der Waals surface area (Å²) in [5, 5.41) is 3.04. The number of nitrogens with two attached hydrogens (primary N) is 1. The molecule has 18 heavy (non-hydrogen) atoms. The molecule has 1 heterocycles. The standard InChI is InChI=1S/C14H22N2O2/c1-8-6-7-9(18-8)10(17)16-12-13(2,3)11(15)14(12,4)5/h6-7,11-12H,15H2,1-5H3,(H,16,17). The van der Waals surface area contributed by atoms with Crippen molar-refractivity contribution < 1.29 is 9.21 Å². The second-order valence-corrected chi connectivity index (χ2v) is 6.44. The summed E-state index contributed by atoms with van der Waals surface area (Å²) >= 11 is 0. The van der Waals surface area contributed by atoms with E-state index in [1.54, 1.807) is 12.1 Å². The molecule has 0 bridgehead atoms. The van der Waals surface area contributed by atoms with Crippen molar-refractivity contribution in [1.29, 1.82) is 0 Å². The zero-order chi connectivity index (χ0) is 13.7. The Kier molecular flexibility index (Phi) is 2.81. The fourth-order valence-electron chi connectivity index (χ4n) is 3.31. The summed E-state index contributed by atoms with van der Waals surface area (Å²) in [4.78, 5) is 12.1. The maximum atomic E-state index is 12.1. The summed E-state index contributed by atoms with van der Waals surface area (Å²) in [6.45, 7) is 10.2. The fourth-order valence-corrected chi connectivity index (χ4v) is 3.31. The highest BCUT2D eigenvalue weighted by Gasteiger charge is 2.60. The van der Waals surface area contributed by atoms with E-state index in [1.807, 2.05) is 6.92 Å². The summed E-state index contributed by atoms with van der Waals surface area (Å²) < 4.78 is 5.33. The van der Waals surface area contributed by atoms with Gasteiger partial charge in [0.1, 0.15) is 5.76 Å². The molecule has 1 fully saturated rings. The summed E-state index contributed by atoms with van der Waals surface area (Å²) in [6, 6.07) is 3.62. The molecule has 2 rings (SSSR count). The van der Waals surface area contributed by atoms with Gasteiger partial charge in [-0.25, -0.2) is 0 Å². The Morgan fingerprint density at radius 2 is 1.83 bits per heavy atom. The molecule has 1 saturated carbocycles. The highest BCUT2D eigenvalue weighted by Crippen LogP contribution is 2.52. The van der Waals surface area contributed by atoms with Gasteiger partial charge in [-0.05, 0) is 19.1 Å². The zero-order valence-corrected chi connectivity index (χ0v) is 11.7. The van der Waals surface area contributed by atoms with Crippen LogP contribution in [0, 0.1) is 17.8 Å².